The van der Waals surface area contributed by atoms with E-state index in [9.17, 15) is 14.0 Å². The smallest absolute Gasteiger partial charge is 0.239 e. The average molecular weight is 375 g/mol. The van der Waals surface area contributed by atoms with Gasteiger partial charge >= 0.3 is 0 Å². The fourth-order valence-corrected chi connectivity index (χ4v) is 4.21. The van der Waals surface area contributed by atoms with Crippen molar-refractivity contribution >= 4 is 11.8 Å². The van der Waals surface area contributed by atoms with Crippen LogP contribution in [-0.2, 0) is 16.0 Å². The molecule has 1 atom stereocenters. The second-order valence-corrected chi connectivity index (χ2v) is 7.78. The standard InChI is InChI=1S/C21H30FN3O2/c22-17-7-5-6-16(12-17)13-20(26)23-14-21(27)24-18-10-11-25(15-18)19-8-3-1-2-4-9-19/h5-7,12,18-19H,1-4,8-11,13-15H2,(H,23,26)(H,24,27). The minimum atomic E-state index is -0.363. The third-order valence-electron chi connectivity index (χ3n) is 5.63. The summed E-state index contributed by atoms with van der Waals surface area (Å²) in [5.74, 6) is -0.796. The van der Waals surface area contributed by atoms with Crippen molar-refractivity contribution in [2.24, 2.45) is 0 Å². The zero-order valence-corrected chi connectivity index (χ0v) is 15.9. The molecule has 1 saturated heterocycles. The van der Waals surface area contributed by atoms with Crippen LogP contribution in [0.3, 0.4) is 0 Å². The van der Waals surface area contributed by atoms with Crippen LogP contribution in [-0.4, -0.2) is 48.4 Å². The summed E-state index contributed by atoms with van der Waals surface area (Å²) in [5, 5.41) is 5.66. The number of likely N-dealkylation sites (tertiary alicyclic amines) is 1. The van der Waals surface area contributed by atoms with Crippen molar-refractivity contribution in [2.45, 2.75) is 63.5 Å². The highest BCUT2D eigenvalue weighted by atomic mass is 19.1. The van der Waals surface area contributed by atoms with Gasteiger partial charge in [-0.2, -0.15) is 0 Å². The topological polar surface area (TPSA) is 61.4 Å². The van der Waals surface area contributed by atoms with Gasteiger partial charge in [-0.25, -0.2) is 4.39 Å². The lowest BCUT2D eigenvalue weighted by molar-refractivity contribution is -0.126. The molecule has 0 aromatic heterocycles. The number of carbonyl (C=O) groups is 2. The van der Waals surface area contributed by atoms with Crippen LogP contribution in [0.2, 0.25) is 0 Å². The Hall–Kier alpha value is -1.95. The van der Waals surface area contributed by atoms with Crippen LogP contribution in [0.15, 0.2) is 24.3 Å². The molecular formula is C21H30FN3O2. The maximum Gasteiger partial charge on any atom is 0.239 e. The molecule has 0 radical (unpaired) electrons. The van der Waals surface area contributed by atoms with E-state index < -0.39 is 0 Å². The molecule has 0 spiro atoms. The van der Waals surface area contributed by atoms with Crippen LogP contribution in [0.1, 0.15) is 50.5 Å². The maximum atomic E-state index is 13.1. The van der Waals surface area contributed by atoms with Crippen molar-refractivity contribution in [3.63, 3.8) is 0 Å². The molecule has 1 aromatic carbocycles. The van der Waals surface area contributed by atoms with E-state index in [2.05, 4.69) is 15.5 Å². The first kappa shape index (κ1) is 19.8. The van der Waals surface area contributed by atoms with Gasteiger partial charge in [0.15, 0.2) is 0 Å². The molecule has 6 heteroatoms. The van der Waals surface area contributed by atoms with Crippen LogP contribution in [0.4, 0.5) is 4.39 Å². The fraction of sp³-hybridized carbons (Fsp3) is 0.619. The Labute approximate surface area is 160 Å². The number of hydrogen-bond acceptors (Lipinski definition) is 3. The van der Waals surface area contributed by atoms with Gasteiger partial charge in [0, 0.05) is 25.2 Å². The van der Waals surface area contributed by atoms with E-state index in [4.69, 9.17) is 0 Å². The van der Waals surface area contributed by atoms with E-state index >= 15 is 0 Å². The molecule has 148 valence electrons. The molecule has 1 aliphatic carbocycles. The highest BCUT2D eigenvalue weighted by Crippen LogP contribution is 2.25. The molecule has 1 heterocycles. The van der Waals surface area contributed by atoms with Crippen molar-refractivity contribution in [3.8, 4) is 0 Å². The van der Waals surface area contributed by atoms with Crippen LogP contribution in [0.25, 0.3) is 0 Å². The van der Waals surface area contributed by atoms with Gasteiger partial charge in [-0.1, -0.05) is 37.8 Å². The molecular weight excluding hydrogens is 345 g/mol. The van der Waals surface area contributed by atoms with Gasteiger partial charge in [-0.05, 0) is 37.0 Å². The second-order valence-electron chi connectivity index (χ2n) is 7.78. The van der Waals surface area contributed by atoms with Gasteiger partial charge in [0.1, 0.15) is 5.82 Å². The van der Waals surface area contributed by atoms with Gasteiger partial charge in [0.2, 0.25) is 11.8 Å². The highest BCUT2D eigenvalue weighted by Gasteiger charge is 2.29. The van der Waals surface area contributed by atoms with Gasteiger partial charge in [-0.15, -0.1) is 0 Å². The SMILES string of the molecule is O=C(Cc1cccc(F)c1)NCC(=O)NC1CCN(C2CCCCCC2)C1. The minimum absolute atomic E-state index is 0.0337. The minimum Gasteiger partial charge on any atom is -0.350 e. The number of amides is 2. The first-order valence-electron chi connectivity index (χ1n) is 10.1. The first-order chi connectivity index (χ1) is 13.1. The molecule has 1 unspecified atom stereocenters. The molecule has 2 aliphatic rings. The maximum absolute atomic E-state index is 13.1. The van der Waals surface area contributed by atoms with Crippen molar-refractivity contribution in [2.75, 3.05) is 19.6 Å². The van der Waals surface area contributed by atoms with Gasteiger partial charge in [-0.3, -0.25) is 14.5 Å². The summed E-state index contributed by atoms with van der Waals surface area (Å²) in [7, 11) is 0. The molecule has 1 aliphatic heterocycles. The lowest BCUT2D eigenvalue weighted by atomic mass is 10.1. The Morgan fingerprint density at radius 1 is 1.07 bits per heavy atom. The average Bonchev–Trinajstić information content (AvgIpc) is 2.92. The number of nitrogens with zero attached hydrogens (tertiary/aromatic N) is 1. The third-order valence-corrected chi connectivity index (χ3v) is 5.63. The summed E-state index contributed by atoms with van der Waals surface area (Å²) in [6, 6.07) is 6.78. The number of halogens is 1. The zero-order valence-electron chi connectivity index (χ0n) is 15.9. The molecule has 5 nitrogen and oxygen atoms in total. The van der Waals surface area contributed by atoms with E-state index in [1.807, 2.05) is 0 Å². The van der Waals surface area contributed by atoms with E-state index in [0.717, 1.165) is 19.5 Å². The first-order valence-corrected chi connectivity index (χ1v) is 10.1. The molecule has 3 rings (SSSR count). The number of hydrogen-bond donors (Lipinski definition) is 2. The summed E-state index contributed by atoms with van der Waals surface area (Å²) in [6.45, 7) is 1.92. The van der Waals surface area contributed by atoms with Crippen molar-refractivity contribution in [3.05, 3.63) is 35.6 Å². The lowest BCUT2D eigenvalue weighted by Gasteiger charge is -2.26. The highest BCUT2D eigenvalue weighted by molar-refractivity contribution is 5.85. The third kappa shape index (κ3) is 6.31. The van der Waals surface area contributed by atoms with Crippen molar-refractivity contribution in [1.82, 2.24) is 15.5 Å². The van der Waals surface area contributed by atoms with Crippen LogP contribution >= 0.6 is 0 Å². The second kappa shape index (κ2) is 9.83. The monoisotopic (exact) mass is 375 g/mol. The molecule has 27 heavy (non-hydrogen) atoms. The Morgan fingerprint density at radius 2 is 1.85 bits per heavy atom. The summed E-state index contributed by atoms with van der Waals surface area (Å²) in [6.07, 6.45) is 8.92. The molecule has 1 aromatic rings. The van der Waals surface area contributed by atoms with Crippen LogP contribution in [0, 0.1) is 5.82 Å². The normalized spacial score (nSPS) is 21.6. The lowest BCUT2D eigenvalue weighted by Crippen LogP contribution is -2.44. The quantitative estimate of drug-likeness (QED) is 0.751. The fourth-order valence-electron chi connectivity index (χ4n) is 4.21. The van der Waals surface area contributed by atoms with E-state index in [0.29, 0.717) is 11.6 Å². The van der Waals surface area contributed by atoms with E-state index in [1.54, 1.807) is 12.1 Å². The summed E-state index contributed by atoms with van der Waals surface area (Å²) in [4.78, 5) is 26.6. The van der Waals surface area contributed by atoms with Gasteiger partial charge in [0.05, 0.1) is 13.0 Å². The number of rotatable bonds is 6. The Morgan fingerprint density at radius 3 is 2.59 bits per heavy atom. The Bertz CT molecular complexity index is 644. The molecule has 2 N–H and O–H groups in total. The van der Waals surface area contributed by atoms with Crippen LogP contribution < -0.4 is 10.6 Å². The number of nitrogens with one attached hydrogen (secondary N) is 2. The summed E-state index contributed by atoms with van der Waals surface area (Å²) >= 11 is 0. The summed E-state index contributed by atoms with van der Waals surface area (Å²) in [5.41, 5.74) is 0.600. The number of benzene rings is 1. The van der Waals surface area contributed by atoms with Crippen LogP contribution in [0.5, 0.6) is 0 Å². The predicted molar refractivity (Wildman–Crippen MR) is 103 cm³/mol. The summed E-state index contributed by atoms with van der Waals surface area (Å²) < 4.78 is 13.1. The van der Waals surface area contributed by atoms with Gasteiger partial charge in [0.25, 0.3) is 0 Å². The predicted octanol–water partition coefficient (Wildman–Crippen LogP) is 2.40. The number of carbonyl (C=O) groups excluding carboxylic acids is 2. The van der Waals surface area contributed by atoms with E-state index in [-0.39, 0.29) is 36.6 Å². The molecule has 0 bridgehead atoms. The molecule has 1 saturated carbocycles. The Kier molecular flexibility index (Phi) is 7.21. The van der Waals surface area contributed by atoms with Crippen molar-refractivity contribution in [1.29, 1.82) is 0 Å². The Balaban J connectivity index is 1.36. The zero-order chi connectivity index (χ0) is 19.1. The van der Waals surface area contributed by atoms with Gasteiger partial charge < -0.3 is 10.6 Å². The molecule has 2 fully saturated rings. The van der Waals surface area contributed by atoms with E-state index in [1.165, 1.54) is 50.7 Å². The van der Waals surface area contributed by atoms with Crippen molar-refractivity contribution < 1.29 is 14.0 Å². The molecule has 2 amide bonds. The largest absolute Gasteiger partial charge is 0.350 e.